The highest BCUT2D eigenvalue weighted by Crippen LogP contribution is 2.17. The minimum Gasteiger partial charge on any atom is -0.369 e. The third-order valence-electron chi connectivity index (χ3n) is 3.30. The quantitative estimate of drug-likeness (QED) is 0.717. The van der Waals surface area contributed by atoms with Crippen LogP contribution in [0, 0.1) is 0 Å². The van der Waals surface area contributed by atoms with Crippen molar-refractivity contribution in [3.05, 3.63) is 29.3 Å². The lowest BCUT2D eigenvalue weighted by Crippen LogP contribution is -2.62. The van der Waals surface area contributed by atoms with Crippen LogP contribution in [-0.2, 0) is 13.3 Å². The molecule has 0 spiro atoms. The summed E-state index contributed by atoms with van der Waals surface area (Å²) in [5, 5.41) is 1.72. The zero-order valence-electron chi connectivity index (χ0n) is 10.1. The van der Waals surface area contributed by atoms with Crippen LogP contribution >= 0.6 is 11.6 Å². The van der Waals surface area contributed by atoms with Crippen molar-refractivity contribution in [3.8, 4) is 0 Å². The van der Waals surface area contributed by atoms with E-state index in [-0.39, 0.29) is 0 Å². The molecule has 3 heterocycles. The molecule has 0 radical (unpaired) electrons. The minimum atomic E-state index is -2.71. The van der Waals surface area contributed by atoms with Gasteiger partial charge in [-0.05, 0) is 12.1 Å². The Bertz CT molecular complexity index is 388. The maximum Gasteiger partial charge on any atom is 0.537 e. The standard InChI is InChI=1S/C12H16ClNO3Si/c13-11-1-3-12(4-2-11)18-15-8-5-14(6-9-16-18)7-10-17-18/h1-4H,5-10H2. The molecule has 3 saturated heterocycles. The third-order valence-corrected chi connectivity index (χ3v) is 6.34. The molecule has 1 aromatic carbocycles. The van der Waals surface area contributed by atoms with Crippen molar-refractivity contribution < 1.29 is 13.3 Å². The van der Waals surface area contributed by atoms with Crippen molar-refractivity contribution in [2.45, 2.75) is 0 Å². The SMILES string of the molecule is Clc1ccc([Si]23OCCN(CCO2)CCO3)cc1. The Morgan fingerprint density at radius 1 is 0.889 bits per heavy atom. The van der Waals surface area contributed by atoms with E-state index in [1.165, 1.54) is 0 Å². The summed E-state index contributed by atoms with van der Waals surface area (Å²) in [4.78, 5) is 2.30. The number of halogens is 1. The zero-order valence-corrected chi connectivity index (χ0v) is 11.9. The lowest BCUT2D eigenvalue weighted by atomic mass is 10.4. The Hall–Kier alpha value is -0.433. The normalized spacial score (nSPS) is 32.6. The predicted octanol–water partition coefficient (Wildman–Crippen LogP) is 0.865. The van der Waals surface area contributed by atoms with Crippen LogP contribution in [0.5, 0.6) is 0 Å². The molecule has 3 fully saturated rings. The lowest BCUT2D eigenvalue weighted by molar-refractivity contribution is 0.00141. The highest BCUT2D eigenvalue weighted by molar-refractivity contribution is 6.75. The number of hydrogen-bond acceptors (Lipinski definition) is 4. The average Bonchev–Trinajstić information content (AvgIpc) is 2.28. The van der Waals surface area contributed by atoms with E-state index in [0.29, 0.717) is 24.8 Å². The lowest BCUT2D eigenvalue weighted by Gasteiger charge is -2.38. The average molecular weight is 286 g/mol. The monoisotopic (exact) mass is 285 g/mol. The van der Waals surface area contributed by atoms with Crippen LogP contribution in [0.1, 0.15) is 0 Å². The number of hydrogen-bond donors (Lipinski definition) is 0. The first-order chi connectivity index (χ1) is 8.78. The van der Waals surface area contributed by atoms with Crippen LogP contribution in [-0.4, -0.2) is 53.2 Å². The molecule has 98 valence electrons. The molecule has 4 rings (SSSR count). The van der Waals surface area contributed by atoms with Crippen molar-refractivity contribution in [2.24, 2.45) is 0 Å². The van der Waals surface area contributed by atoms with Gasteiger partial charge in [-0.3, -0.25) is 4.90 Å². The highest BCUT2D eigenvalue weighted by Gasteiger charge is 2.46. The van der Waals surface area contributed by atoms with Crippen LogP contribution in [0.15, 0.2) is 24.3 Å². The van der Waals surface area contributed by atoms with Gasteiger partial charge in [0.05, 0.1) is 19.8 Å². The summed E-state index contributed by atoms with van der Waals surface area (Å²) in [6.07, 6.45) is 0. The van der Waals surface area contributed by atoms with E-state index in [1.54, 1.807) is 0 Å². The van der Waals surface area contributed by atoms with Crippen LogP contribution in [0.25, 0.3) is 0 Å². The Kier molecular flexibility index (Phi) is 3.70. The molecule has 2 bridgehead atoms. The summed E-state index contributed by atoms with van der Waals surface area (Å²) in [6, 6.07) is 7.63. The van der Waals surface area contributed by atoms with Gasteiger partial charge in [0, 0.05) is 29.8 Å². The van der Waals surface area contributed by atoms with Crippen molar-refractivity contribution in [1.29, 1.82) is 0 Å². The Balaban J connectivity index is 1.91. The largest absolute Gasteiger partial charge is 0.537 e. The molecule has 18 heavy (non-hydrogen) atoms. The Morgan fingerprint density at radius 3 is 1.89 bits per heavy atom. The molecule has 1 aromatic rings. The van der Waals surface area contributed by atoms with Crippen LogP contribution in [0.3, 0.4) is 0 Å². The molecular weight excluding hydrogens is 270 g/mol. The molecule has 0 saturated carbocycles. The second-order valence-corrected chi connectivity index (χ2v) is 7.44. The van der Waals surface area contributed by atoms with E-state index in [4.69, 9.17) is 24.9 Å². The molecule has 6 heteroatoms. The third kappa shape index (κ3) is 2.47. The second-order valence-electron chi connectivity index (χ2n) is 4.45. The van der Waals surface area contributed by atoms with Crippen molar-refractivity contribution in [3.63, 3.8) is 0 Å². The van der Waals surface area contributed by atoms with Gasteiger partial charge in [0.2, 0.25) is 0 Å². The fraction of sp³-hybridized carbons (Fsp3) is 0.500. The number of rotatable bonds is 1. The van der Waals surface area contributed by atoms with Crippen LogP contribution < -0.4 is 5.19 Å². The first-order valence-corrected chi connectivity index (χ1v) is 8.29. The van der Waals surface area contributed by atoms with Gasteiger partial charge < -0.3 is 13.3 Å². The summed E-state index contributed by atoms with van der Waals surface area (Å²) < 4.78 is 17.9. The van der Waals surface area contributed by atoms with Gasteiger partial charge in [-0.15, -0.1) is 0 Å². The van der Waals surface area contributed by atoms with Crippen molar-refractivity contribution in [2.75, 3.05) is 39.5 Å². The topological polar surface area (TPSA) is 30.9 Å². The molecule has 0 amide bonds. The molecule has 3 aliphatic rings. The molecule has 4 nitrogen and oxygen atoms in total. The van der Waals surface area contributed by atoms with Crippen LogP contribution in [0.4, 0.5) is 0 Å². The number of fused-ring (bicyclic) bond motifs is 6. The molecule has 0 unspecified atom stereocenters. The zero-order chi connectivity index (χ0) is 12.4. The minimum absolute atomic E-state index is 0.662. The van der Waals surface area contributed by atoms with Crippen molar-refractivity contribution in [1.82, 2.24) is 4.90 Å². The molecule has 0 N–H and O–H groups in total. The van der Waals surface area contributed by atoms with Gasteiger partial charge >= 0.3 is 8.80 Å². The summed E-state index contributed by atoms with van der Waals surface area (Å²) >= 11 is 5.93. The summed E-state index contributed by atoms with van der Waals surface area (Å²) in [5.74, 6) is 0. The molecule has 0 aromatic heterocycles. The van der Waals surface area contributed by atoms with Gasteiger partial charge in [0.25, 0.3) is 0 Å². The van der Waals surface area contributed by atoms with E-state index in [2.05, 4.69) is 4.90 Å². The van der Waals surface area contributed by atoms with E-state index in [1.807, 2.05) is 24.3 Å². The highest BCUT2D eigenvalue weighted by atomic mass is 35.5. The first-order valence-electron chi connectivity index (χ1n) is 6.19. The maximum atomic E-state index is 5.98. The summed E-state index contributed by atoms with van der Waals surface area (Å²) in [6.45, 7) is 4.84. The van der Waals surface area contributed by atoms with Crippen LogP contribution in [0.2, 0.25) is 5.02 Å². The van der Waals surface area contributed by atoms with E-state index >= 15 is 0 Å². The van der Waals surface area contributed by atoms with Gasteiger partial charge in [-0.2, -0.15) is 0 Å². The first kappa shape index (κ1) is 12.6. The fourth-order valence-corrected chi connectivity index (χ4v) is 4.82. The second kappa shape index (κ2) is 5.28. The number of benzene rings is 1. The predicted molar refractivity (Wildman–Crippen MR) is 71.1 cm³/mol. The molecule has 0 aliphatic carbocycles. The van der Waals surface area contributed by atoms with Gasteiger partial charge in [-0.1, -0.05) is 23.7 Å². The van der Waals surface area contributed by atoms with Gasteiger partial charge in [0.15, 0.2) is 0 Å². The fourth-order valence-electron chi connectivity index (χ4n) is 2.29. The number of nitrogens with zero attached hydrogens (tertiary/aromatic N) is 1. The smallest absolute Gasteiger partial charge is 0.369 e. The molecule has 0 atom stereocenters. The molecule has 3 aliphatic heterocycles. The maximum absolute atomic E-state index is 5.98. The van der Waals surface area contributed by atoms with E-state index in [9.17, 15) is 0 Å². The van der Waals surface area contributed by atoms with Crippen molar-refractivity contribution >= 4 is 25.6 Å². The van der Waals surface area contributed by atoms with E-state index < -0.39 is 8.80 Å². The molecular formula is C12H16ClNO3Si. The van der Waals surface area contributed by atoms with E-state index in [0.717, 1.165) is 24.8 Å². The van der Waals surface area contributed by atoms with Gasteiger partial charge in [0.1, 0.15) is 0 Å². The van der Waals surface area contributed by atoms with Gasteiger partial charge in [-0.25, -0.2) is 0 Å². The Morgan fingerprint density at radius 2 is 1.39 bits per heavy atom. The summed E-state index contributed by atoms with van der Waals surface area (Å²) in [7, 11) is -2.71. The Labute approximate surface area is 113 Å². The summed E-state index contributed by atoms with van der Waals surface area (Å²) in [5.41, 5.74) is 0.